The molecule has 1 saturated carbocycles. The van der Waals surface area contributed by atoms with Crippen LogP contribution in [-0.2, 0) is 16.0 Å². The number of nitriles is 1. The summed E-state index contributed by atoms with van der Waals surface area (Å²) in [6.07, 6.45) is 4.05. The van der Waals surface area contributed by atoms with Gasteiger partial charge in [-0.25, -0.2) is 4.79 Å². The lowest BCUT2D eigenvalue weighted by Crippen LogP contribution is -2.46. The predicted molar refractivity (Wildman–Crippen MR) is 83.7 cm³/mol. The molecule has 0 aliphatic heterocycles. The van der Waals surface area contributed by atoms with Crippen LogP contribution < -0.4 is 5.32 Å². The minimum Gasteiger partial charge on any atom is -0.451 e. The number of carbonyl (C=O) groups is 2. The van der Waals surface area contributed by atoms with Crippen LogP contribution in [0.1, 0.15) is 52.7 Å². The third kappa shape index (κ3) is 3.66. The van der Waals surface area contributed by atoms with Gasteiger partial charge in [-0.15, -0.1) is 11.3 Å². The van der Waals surface area contributed by atoms with Crippen molar-refractivity contribution in [3.05, 3.63) is 21.4 Å². The fourth-order valence-corrected chi connectivity index (χ4v) is 3.73. The Labute approximate surface area is 134 Å². The first-order chi connectivity index (χ1) is 10.5. The molecule has 1 aliphatic rings. The number of amides is 1. The van der Waals surface area contributed by atoms with E-state index in [9.17, 15) is 14.9 Å². The first kappa shape index (κ1) is 16.5. The number of hydrogen-bond donors (Lipinski definition) is 1. The summed E-state index contributed by atoms with van der Waals surface area (Å²) in [5.74, 6) is -0.902. The van der Waals surface area contributed by atoms with Crippen LogP contribution in [0.4, 0.5) is 0 Å². The number of aryl methyl sites for hydroxylation is 2. The molecule has 0 atom stereocenters. The molecule has 118 valence electrons. The molecule has 0 aromatic carbocycles. The highest BCUT2D eigenvalue weighted by Gasteiger charge is 2.35. The number of carbonyl (C=O) groups excluding carboxylic acids is 2. The molecule has 1 aliphatic carbocycles. The Bertz CT molecular complexity index is 609. The van der Waals surface area contributed by atoms with Gasteiger partial charge in [-0.1, -0.05) is 6.92 Å². The number of esters is 1. The first-order valence-electron chi connectivity index (χ1n) is 7.48. The second-order valence-corrected chi connectivity index (χ2v) is 6.73. The fraction of sp³-hybridized carbons (Fsp3) is 0.562. The Hall–Kier alpha value is -1.87. The third-order valence-corrected chi connectivity index (χ3v) is 5.29. The van der Waals surface area contributed by atoms with Gasteiger partial charge in [0.15, 0.2) is 6.61 Å². The zero-order valence-electron chi connectivity index (χ0n) is 12.9. The number of nitrogens with zero attached hydrogens (tertiary/aromatic N) is 1. The average molecular weight is 320 g/mol. The highest BCUT2D eigenvalue weighted by Crippen LogP contribution is 2.28. The van der Waals surface area contributed by atoms with Crippen LogP contribution in [0, 0.1) is 18.3 Å². The van der Waals surface area contributed by atoms with E-state index in [2.05, 4.69) is 11.4 Å². The number of thiophene rings is 1. The minimum atomic E-state index is -0.779. The van der Waals surface area contributed by atoms with E-state index in [1.54, 1.807) is 6.07 Å². The summed E-state index contributed by atoms with van der Waals surface area (Å²) < 4.78 is 5.05. The smallest absolute Gasteiger partial charge is 0.348 e. The van der Waals surface area contributed by atoms with Gasteiger partial charge in [0.2, 0.25) is 0 Å². The summed E-state index contributed by atoms with van der Waals surface area (Å²) in [7, 11) is 0. The monoisotopic (exact) mass is 320 g/mol. The van der Waals surface area contributed by atoms with Crippen LogP contribution in [0.25, 0.3) is 0 Å². The van der Waals surface area contributed by atoms with E-state index in [4.69, 9.17) is 4.74 Å². The molecule has 5 nitrogen and oxygen atoms in total. The number of rotatable bonds is 5. The van der Waals surface area contributed by atoms with Crippen molar-refractivity contribution in [1.29, 1.82) is 5.26 Å². The van der Waals surface area contributed by atoms with E-state index in [-0.39, 0.29) is 6.61 Å². The van der Waals surface area contributed by atoms with Crippen molar-refractivity contribution in [3.8, 4) is 6.07 Å². The molecule has 1 amide bonds. The van der Waals surface area contributed by atoms with Crippen molar-refractivity contribution in [3.63, 3.8) is 0 Å². The molecule has 6 heteroatoms. The van der Waals surface area contributed by atoms with E-state index in [1.165, 1.54) is 11.3 Å². The topological polar surface area (TPSA) is 79.2 Å². The summed E-state index contributed by atoms with van der Waals surface area (Å²) in [4.78, 5) is 25.5. The van der Waals surface area contributed by atoms with E-state index in [0.717, 1.165) is 29.7 Å². The zero-order valence-corrected chi connectivity index (χ0v) is 13.7. The minimum absolute atomic E-state index is 0.347. The van der Waals surface area contributed by atoms with E-state index in [1.807, 2.05) is 13.8 Å². The molecular formula is C16H20N2O3S. The molecule has 1 fully saturated rings. The quantitative estimate of drug-likeness (QED) is 0.846. The van der Waals surface area contributed by atoms with Crippen LogP contribution >= 0.6 is 11.3 Å². The lowest BCUT2D eigenvalue weighted by Gasteiger charge is -2.21. The second kappa shape index (κ2) is 6.93. The second-order valence-electron chi connectivity index (χ2n) is 5.60. The lowest BCUT2D eigenvalue weighted by molar-refractivity contribution is -0.125. The van der Waals surface area contributed by atoms with Gasteiger partial charge in [0.1, 0.15) is 10.4 Å². The molecule has 22 heavy (non-hydrogen) atoms. The highest BCUT2D eigenvalue weighted by molar-refractivity contribution is 7.14. The Morgan fingerprint density at radius 2 is 2.14 bits per heavy atom. The van der Waals surface area contributed by atoms with E-state index >= 15 is 0 Å². The molecule has 1 heterocycles. The van der Waals surface area contributed by atoms with Crippen molar-refractivity contribution < 1.29 is 14.3 Å². The van der Waals surface area contributed by atoms with Crippen molar-refractivity contribution in [2.24, 2.45) is 0 Å². The Morgan fingerprint density at radius 3 is 2.68 bits per heavy atom. The summed E-state index contributed by atoms with van der Waals surface area (Å²) in [5, 5.41) is 11.9. The van der Waals surface area contributed by atoms with E-state index in [0.29, 0.717) is 17.7 Å². The fourth-order valence-electron chi connectivity index (χ4n) is 2.72. The summed E-state index contributed by atoms with van der Waals surface area (Å²) in [5.41, 5.74) is 0.288. The van der Waals surface area contributed by atoms with Gasteiger partial charge in [-0.3, -0.25) is 4.79 Å². The first-order valence-corrected chi connectivity index (χ1v) is 8.30. The van der Waals surface area contributed by atoms with Gasteiger partial charge in [0.25, 0.3) is 5.91 Å². The third-order valence-electron chi connectivity index (χ3n) is 3.93. The van der Waals surface area contributed by atoms with Crippen LogP contribution in [0.3, 0.4) is 0 Å². The predicted octanol–water partition coefficient (Wildman–Crippen LogP) is 2.73. The Balaban J connectivity index is 1.88. The SMILES string of the molecule is CCc1sc(C(=O)OCC(=O)NC2(C#N)CCCC2)cc1C. The maximum Gasteiger partial charge on any atom is 0.348 e. The van der Waals surface area contributed by atoms with Gasteiger partial charge in [-0.05, 0) is 50.7 Å². The van der Waals surface area contributed by atoms with Crippen molar-refractivity contribution in [2.75, 3.05) is 6.61 Å². The van der Waals surface area contributed by atoms with Crippen LogP contribution in [0.5, 0.6) is 0 Å². The van der Waals surface area contributed by atoms with Gasteiger partial charge in [0, 0.05) is 4.88 Å². The van der Waals surface area contributed by atoms with Crippen molar-refractivity contribution in [1.82, 2.24) is 5.32 Å². The molecule has 0 saturated heterocycles. The molecule has 1 N–H and O–H groups in total. The van der Waals surface area contributed by atoms with Gasteiger partial charge in [0.05, 0.1) is 6.07 Å². The summed E-state index contributed by atoms with van der Waals surface area (Å²) in [6.45, 7) is 3.64. The Morgan fingerprint density at radius 1 is 1.45 bits per heavy atom. The molecule has 2 rings (SSSR count). The van der Waals surface area contributed by atoms with Crippen LogP contribution in [0.2, 0.25) is 0 Å². The molecule has 1 aromatic heterocycles. The molecule has 0 bridgehead atoms. The maximum atomic E-state index is 12.0. The van der Waals surface area contributed by atoms with Crippen LogP contribution in [-0.4, -0.2) is 24.0 Å². The maximum absolute atomic E-state index is 12.0. The number of ether oxygens (including phenoxy) is 1. The van der Waals surface area contributed by atoms with Gasteiger partial charge >= 0.3 is 5.97 Å². The van der Waals surface area contributed by atoms with Crippen LogP contribution in [0.15, 0.2) is 6.07 Å². The largest absolute Gasteiger partial charge is 0.451 e. The summed E-state index contributed by atoms with van der Waals surface area (Å²) in [6, 6.07) is 3.96. The molecule has 0 spiro atoms. The molecular weight excluding hydrogens is 300 g/mol. The van der Waals surface area contributed by atoms with Gasteiger partial charge in [-0.2, -0.15) is 5.26 Å². The number of nitrogens with one attached hydrogen (secondary N) is 1. The summed E-state index contributed by atoms with van der Waals surface area (Å²) >= 11 is 1.40. The normalized spacial score (nSPS) is 16.0. The van der Waals surface area contributed by atoms with Crippen molar-refractivity contribution in [2.45, 2.75) is 51.5 Å². The molecule has 0 radical (unpaired) electrons. The lowest BCUT2D eigenvalue weighted by atomic mass is 10.00. The molecule has 0 unspecified atom stereocenters. The Kier molecular flexibility index (Phi) is 5.19. The number of hydrogen-bond acceptors (Lipinski definition) is 5. The van der Waals surface area contributed by atoms with Gasteiger partial charge < -0.3 is 10.1 Å². The highest BCUT2D eigenvalue weighted by atomic mass is 32.1. The molecule has 1 aromatic rings. The zero-order chi connectivity index (χ0) is 16.2. The average Bonchev–Trinajstić information content (AvgIpc) is 3.12. The standard InChI is InChI=1S/C16H20N2O3S/c1-3-12-11(2)8-13(22-12)15(20)21-9-14(19)18-16(10-17)6-4-5-7-16/h8H,3-7,9H2,1-2H3,(H,18,19). The van der Waals surface area contributed by atoms with E-state index < -0.39 is 17.4 Å². The van der Waals surface area contributed by atoms with Crippen molar-refractivity contribution >= 4 is 23.2 Å².